The molecule has 0 bridgehead atoms. The van der Waals surface area contributed by atoms with Gasteiger partial charge in [0.05, 0.1) is 24.9 Å². The van der Waals surface area contributed by atoms with Gasteiger partial charge in [-0.05, 0) is 18.6 Å². The smallest absolute Gasteiger partial charge is 0.255 e. The fraction of sp³-hybridized carbons (Fsp3) is 0.438. The summed E-state index contributed by atoms with van der Waals surface area (Å²) in [7, 11) is 1.77. The monoisotopic (exact) mass is 300 g/mol. The molecule has 1 fully saturated rings. The summed E-state index contributed by atoms with van der Waals surface area (Å²) in [5.74, 6) is 0.703. The molecule has 2 aromatic heterocycles. The first-order chi connectivity index (χ1) is 10.7. The molecule has 1 saturated heterocycles. The van der Waals surface area contributed by atoms with E-state index in [0.29, 0.717) is 24.9 Å². The number of anilines is 1. The van der Waals surface area contributed by atoms with Crippen LogP contribution in [0.4, 0.5) is 5.95 Å². The van der Waals surface area contributed by atoms with Crippen molar-refractivity contribution in [3.05, 3.63) is 40.9 Å². The third-order valence-corrected chi connectivity index (χ3v) is 4.04. The molecule has 2 aromatic rings. The standard InChI is InChI=1S/C16H20N4O2/c1-3-13-11-22-9-8-20(13)16-18-14(10-15(21)19(16)2)12-4-6-17-7-5-12/h4-7,10,13H,3,8-9,11H2,1-2H3/t13-/m1/s1. The number of hydrogen-bond donors (Lipinski definition) is 0. The molecule has 0 spiro atoms. The maximum atomic E-state index is 12.3. The molecular formula is C16H20N4O2. The number of hydrogen-bond acceptors (Lipinski definition) is 5. The second-order valence-corrected chi connectivity index (χ2v) is 5.40. The normalized spacial score (nSPS) is 18.5. The van der Waals surface area contributed by atoms with Crippen LogP contribution in [0.2, 0.25) is 0 Å². The SMILES string of the molecule is CC[C@@H]1COCCN1c1nc(-c2ccncc2)cc(=O)n1C. The molecule has 0 radical (unpaired) electrons. The van der Waals surface area contributed by atoms with Crippen LogP contribution in [0.1, 0.15) is 13.3 Å². The fourth-order valence-electron chi connectivity index (χ4n) is 2.71. The Labute approximate surface area is 129 Å². The Bertz CT molecular complexity index is 699. The van der Waals surface area contributed by atoms with Gasteiger partial charge in [0, 0.05) is 37.6 Å². The second-order valence-electron chi connectivity index (χ2n) is 5.40. The van der Waals surface area contributed by atoms with Crippen LogP contribution in [0.5, 0.6) is 0 Å². The summed E-state index contributed by atoms with van der Waals surface area (Å²) >= 11 is 0. The van der Waals surface area contributed by atoms with Gasteiger partial charge in [0.1, 0.15) is 0 Å². The van der Waals surface area contributed by atoms with Crippen molar-refractivity contribution in [3.8, 4) is 11.3 Å². The number of nitrogens with zero attached hydrogens (tertiary/aromatic N) is 4. The molecule has 0 saturated carbocycles. The van der Waals surface area contributed by atoms with Crippen molar-refractivity contribution in [3.63, 3.8) is 0 Å². The van der Waals surface area contributed by atoms with Gasteiger partial charge in [0.2, 0.25) is 5.95 Å². The van der Waals surface area contributed by atoms with Gasteiger partial charge in [-0.1, -0.05) is 6.92 Å². The molecule has 3 rings (SSSR count). The summed E-state index contributed by atoms with van der Waals surface area (Å²) in [6.07, 6.45) is 4.37. The van der Waals surface area contributed by atoms with E-state index < -0.39 is 0 Å². The Morgan fingerprint density at radius 1 is 1.36 bits per heavy atom. The number of rotatable bonds is 3. The van der Waals surface area contributed by atoms with Gasteiger partial charge in [-0.25, -0.2) is 4.98 Å². The third kappa shape index (κ3) is 2.74. The van der Waals surface area contributed by atoms with E-state index in [1.807, 2.05) is 12.1 Å². The van der Waals surface area contributed by atoms with Gasteiger partial charge < -0.3 is 9.64 Å². The lowest BCUT2D eigenvalue weighted by molar-refractivity contribution is 0.0917. The first kappa shape index (κ1) is 14.7. The van der Waals surface area contributed by atoms with Crippen LogP contribution in [0.3, 0.4) is 0 Å². The van der Waals surface area contributed by atoms with Crippen molar-refractivity contribution < 1.29 is 4.74 Å². The van der Waals surface area contributed by atoms with Crippen LogP contribution in [0, 0.1) is 0 Å². The van der Waals surface area contributed by atoms with E-state index in [4.69, 9.17) is 9.72 Å². The maximum absolute atomic E-state index is 12.3. The van der Waals surface area contributed by atoms with Crippen LogP contribution in [-0.4, -0.2) is 40.3 Å². The summed E-state index contributed by atoms with van der Waals surface area (Å²) < 4.78 is 7.15. The molecular weight excluding hydrogens is 280 g/mol. The highest BCUT2D eigenvalue weighted by atomic mass is 16.5. The van der Waals surface area contributed by atoms with Gasteiger partial charge in [-0.2, -0.15) is 0 Å². The zero-order valence-electron chi connectivity index (χ0n) is 12.9. The Morgan fingerprint density at radius 2 is 2.14 bits per heavy atom. The largest absolute Gasteiger partial charge is 0.377 e. The molecule has 6 nitrogen and oxygen atoms in total. The first-order valence-electron chi connectivity index (χ1n) is 7.53. The Kier molecular flexibility index (Phi) is 4.20. The molecule has 116 valence electrons. The molecule has 3 heterocycles. The van der Waals surface area contributed by atoms with Crippen molar-refractivity contribution >= 4 is 5.95 Å². The van der Waals surface area contributed by atoms with Gasteiger partial charge >= 0.3 is 0 Å². The molecule has 1 atom stereocenters. The second kappa shape index (κ2) is 6.27. The van der Waals surface area contributed by atoms with Crippen LogP contribution >= 0.6 is 0 Å². The van der Waals surface area contributed by atoms with E-state index in [0.717, 1.165) is 18.5 Å². The Morgan fingerprint density at radius 3 is 2.86 bits per heavy atom. The molecule has 0 N–H and O–H groups in total. The van der Waals surface area contributed by atoms with Crippen molar-refractivity contribution in [2.24, 2.45) is 7.05 Å². The minimum Gasteiger partial charge on any atom is -0.377 e. The predicted octanol–water partition coefficient (Wildman–Crippen LogP) is 1.46. The number of aromatic nitrogens is 3. The summed E-state index contributed by atoms with van der Waals surface area (Å²) in [5, 5.41) is 0. The minimum absolute atomic E-state index is 0.0573. The minimum atomic E-state index is -0.0573. The van der Waals surface area contributed by atoms with Gasteiger partial charge in [0.25, 0.3) is 5.56 Å². The molecule has 0 amide bonds. The average Bonchev–Trinajstić information content (AvgIpc) is 2.58. The third-order valence-electron chi connectivity index (χ3n) is 4.04. The van der Waals surface area contributed by atoms with Crippen molar-refractivity contribution in [2.75, 3.05) is 24.7 Å². The molecule has 22 heavy (non-hydrogen) atoms. The van der Waals surface area contributed by atoms with E-state index in [-0.39, 0.29) is 11.6 Å². The number of pyridine rings is 1. The van der Waals surface area contributed by atoms with Crippen LogP contribution in [0.15, 0.2) is 35.4 Å². The average molecular weight is 300 g/mol. The predicted molar refractivity (Wildman–Crippen MR) is 85.0 cm³/mol. The van der Waals surface area contributed by atoms with Crippen molar-refractivity contribution in [1.82, 2.24) is 14.5 Å². The zero-order chi connectivity index (χ0) is 15.5. The van der Waals surface area contributed by atoms with E-state index in [9.17, 15) is 4.79 Å². The quantitative estimate of drug-likeness (QED) is 0.859. The Hall–Kier alpha value is -2.21. The summed E-state index contributed by atoms with van der Waals surface area (Å²) in [6.45, 7) is 4.20. The summed E-state index contributed by atoms with van der Waals surface area (Å²) in [6, 6.07) is 5.55. The highest BCUT2D eigenvalue weighted by molar-refractivity contribution is 5.59. The van der Waals surface area contributed by atoms with E-state index in [2.05, 4.69) is 16.8 Å². The van der Waals surface area contributed by atoms with Crippen LogP contribution in [-0.2, 0) is 11.8 Å². The van der Waals surface area contributed by atoms with Gasteiger partial charge in [-0.3, -0.25) is 14.3 Å². The summed E-state index contributed by atoms with van der Waals surface area (Å²) in [4.78, 5) is 23.2. The Balaban J connectivity index is 2.07. The highest BCUT2D eigenvalue weighted by Gasteiger charge is 2.25. The molecule has 1 aliphatic heterocycles. The lowest BCUT2D eigenvalue weighted by Crippen LogP contribution is -2.47. The van der Waals surface area contributed by atoms with Gasteiger partial charge in [-0.15, -0.1) is 0 Å². The molecule has 1 aliphatic rings. The van der Waals surface area contributed by atoms with E-state index in [1.54, 1.807) is 30.1 Å². The first-order valence-corrected chi connectivity index (χ1v) is 7.53. The van der Waals surface area contributed by atoms with E-state index >= 15 is 0 Å². The number of ether oxygens (including phenoxy) is 1. The topological polar surface area (TPSA) is 60.2 Å². The van der Waals surface area contributed by atoms with Crippen LogP contribution < -0.4 is 10.5 Å². The molecule has 0 aromatic carbocycles. The van der Waals surface area contributed by atoms with Gasteiger partial charge in [0.15, 0.2) is 0 Å². The maximum Gasteiger partial charge on any atom is 0.255 e. The molecule has 6 heteroatoms. The lowest BCUT2D eigenvalue weighted by Gasteiger charge is -2.36. The van der Waals surface area contributed by atoms with Crippen molar-refractivity contribution in [2.45, 2.75) is 19.4 Å². The van der Waals surface area contributed by atoms with E-state index in [1.165, 1.54) is 0 Å². The molecule has 0 aliphatic carbocycles. The number of morpholine rings is 1. The molecule has 0 unspecified atom stereocenters. The summed E-state index contributed by atoms with van der Waals surface area (Å²) in [5.41, 5.74) is 1.52. The fourth-order valence-corrected chi connectivity index (χ4v) is 2.71. The zero-order valence-corrected chi connectivity index (χ0v) is 12.9. The highest BCUT2D eigenvalue weighted by Crippen LogP contribution is 2.21. The van der Waals surface area contributed by atoms with Crippen molar-refractivity contribution in [1.29, 1.82) is 0 Å². The van der Waals surface area contributed by atoms with Crippen LogP contribution in [0.25, 0.3) is 11.3 Å². The lowest BCUT2D eigenvalue weighted by atomic mass is 10.1.